The van der Waals surface area contributed by atoms with Crippen LogP contribution in [0.2, 0.25) is 0 Å². The summed E-state index contributed by atoms with van der Waals surface area (Å²) >= 11 is 0. The Morgan fingerprint density at radius 1 is 0.963 bits per heavy atom. The lowest BCUT2D eigenvalue weighted by Crippen LogP contribution is -2.24. The largest absolute Gasteiger partial charge is 0.396 e. The molecule has 2 aliphatic carbocycles. The Morgan fingerprint density at radius 2 is 1.48 bits per heavy atom. The highest BCUT2D eigenvalue weighted by molar-refractivity contribution is 7.70. The van der Waals surface area contributed by atoms with Gasteiger partial charge in [0.15, 0.2) is 0 Å². The summed E-state index contributed by atoms with van der Waals surface area (Å²) < 4.78 is 40.8. The van der Waals surface area contributed by atoms with Crippen molar-refractivity contribution in [1.82, 2.24) is 0 Å². The van der Waals surface area contributed by atoms with E-state index in [-0.39, 0.29) is 11.5 Å². The van der Waals surface area contributed by atoms with Gasteiger partial charge in [0, 0.05) is 17.4 Å². The zero-order valence-electron chi connectivity index (χ0n) is 15.5. The summed E-state index contributed by atoms with van der Waals surface area (Å²) in [6.07, 6.45) is 3.23. The van der Waals surface area contributed by atoms with Gasteiger partial charge in [0.05, 0.1) is 0 Å². The van der Waals surface area contributed by atoms with E-state index in [1.54, 1.807) is 19.1 Å². The molecule has 0 heterocycles. The van der Waals surface area contributed by atoms with E-state index in [0.29, 0.717) is 36.8 Å². The molecule has 2 aliphatic rings. The topological polar surface area (TPSA) is 74.6 Å². The Bertz CT molecular complexity index is 761. The van der Waals surface area contributed by atoms with Crippen LogP contribution < -0.4 is 0 Å². The van der Waals surface area contributed by atoms with Gasteiger partial charge in [-0.1, -0.05) is 37.8 Å². The molecule has 4 unspecified atom stereocenters. The molecule has 1 aromatic rings. The van der Waals surface area contributed by atoms with E-state index in [1.165, 1.54) is 0 Å². The third kappa shape index (κ3) is 4.33. The van der Waals surface area contributed by atoms with Crippen LogP contribution in [0.1, 0.15) is 90.3 Å². The maximum absolute atomic E-state index is 14.7. The fraction of sp³-hybridized carbons (Fsp3) is 0.650. The van der Waals surface area contributed by atoms with Crippen molar-refractivity contribution in [3.8, 4) is 0 Å². The fourth-order valence-corrected chi connectivity index (χ4v) is 5.28. The van der Waals surface area contributed by atoms with Crippen molar-refractivity contribution in [3.63, 3.8) is 0 Å². The number of aryl methyl sites for hydroxylation is 1. The van der Waals surface area contributed by atoms with Crippen LogP contribution in [0.25, 0.3) is 0 Å². The molecular formula is C20H27F2O4P. The summed E-state index contributed by atoms with van der Waals surface area (Å²) in [5, 5.41) is 0. The first-order valence-electron chi connectivity index (χ1n) is 9.73. The second-order valence-electron chi connectivity index (χ2n) is 7.97. The molecule has 0 radical (unpaired) electrons. The molecule has 27 heavy (non-hydrogen) atoms. The average molecular weight is 400 g/mol. The monoisotopic (exact) mass is 400 g/mol. The summed E-state index contributed by atoms with van der Waals surface area (Å²) in [5.74, 6) is -0.887. The van der Waals surface area contributed by atoms with E-state index >= 15 is 0 Å². The van der Waals surface area contributed by atoms with E-state index in [4.69, 9.17) is 0 Å². The van der Waals surface area contributed by atoms with E-state index in [9.17, 15) is 27.9 Å². The third-order valence-electron chi connectivity index (χ3n) is 6.06. The van der Waals surface area contributed by atoms with Crippen molar-refractivity contribution in [2.24, 2.45) is 0 Å². The van der Waals surface area contributed by atoms with Crippen LogP contribution in [0.5, 0.6) is 0 Å². The predicted octanol–water partition coefficient (Wildman–Crippen LogP) is 5.30. The minimum Gasteiger partial charge on any atom is -0.319 e. The first-order valence-corrected chi connectivity index (χ1v) is 11.3. The Hall–Kier alpha value is -1.10. The number of carbonyl (C=O) groups is 1. The molecule has 7 heteroatoms. The first-order chi connectivity index (χ1) is 12.7. The second kappa shape index (κ2) is 8.10. The number of rotatable bonds is 4. The molecule has 0 amide bonds. The molecule has 3 rings (SSSR count). The second-order valence-corrected chi connectivity index (χ2v) is 9.46. The van der Waals surface area contributed by atoms with E-state index in [1.807, 2.05) is 0 Å². The van der Waals surface area contributed by atoms with Gasteiger partial charge in [-0.15, -0.1) is 0 Å². The molecule has 0 aromatic heterocycles. The molecule has 4 atom stereocenters. The van der Waals surface area contributed by atoms with Crippen LogP contribution in [-0.2, 0) is 4.57 Å². The van der Waals surface area contributed by atoms with Crippen LogP contribution in [-0.4, -0.2) is 27.7 Å². The normalized spacial score (nSPS) is 29.5. The van der Waals surface area contributed by atoms with E-state index < -0.39 is 31.4 Å². The van der Waals surface area contributed by atoms with Crippen LogP contribution in [0.4, 0.5) is 8.78 Å². The Kier molecular flexibility index (Phi) is 6.19. The molecule has 0 saturated heterocycles. The molecular weight excluding hydrogens is 373 g/mol. The van der Waals surface area contributed by atoms with Crippen molar-refractivity contribution in [2.75, 3.05) is 0 Å². The van der Waals surface area contributed by atoms with Crippen molar-refractivity contribution in [2.45, 2.75) is 82.5 Å². The maximum Gasteiger partial charge on any atom is 0.396 e. The fourth-order valence-electron chi connectivity index (χ4n) is 4.68. The Balaban J connectivity index is 2.12. The first kappa shape index (κ1) is 20.6. The van der Waals surface area contributed by atoms with Crippen molar-refractivity contribution < 1.29 is 27.9 Å². The zero-order valence-corrected chi connectivity index (χ0v) is 16.4. The number of carbonyl (C=O) groups excluding carboxylic acids is 1. The van der Waals surface area contributed by atoms with Gasteiger partial charge in [-0.3, -0.25) is 9.36 Å². The zero-order chi connectivity index (χ0) is 19.8. The lowest BCUT2D eigenvalue weighted by molar-refractivity contribution is 0.103. The summed E-state index contributed by atoms with van der Waals surface area (Å²) in [6, 6.07) is 3.31. The molecule has 150 valence electrons. The van der Waals surface area contributed by atoms with E-state index in [0.717, 1.165) is 31.2 Å². The Morgan fingerprint density at radius 3 is 2.00 bits per heavy atom. The average Bonchev–Trinajstić information content (AvgIpc) is 2.60. The van der Waals surface area contributed by atoms with Gasteiger partial charge in [-0.2, -0.15) is 0 Å². The van der Waals surface area contributed by atoms with Crippen molar-refractivity contribution in [3.05, 3.63) is 34.4 Å². The molecule has 2 saturated carbocycles. The summed E-state index contributed by atoms with van der Waals surface area (Å²) in [7, 11) is -5.00. The summed E-state index contributed by atoms with van der Waals surface area (Å²) in [4.78, 5) is 31.3. The number of alkyl halides is 2. The van der Waals surface area contributed by atoms with Crippen LogP contribution >= 0.6 is 7.60 Å². The molecule has 2 fully saturated rings. The lowest BCUT2D eigenvalue weighted by Gasteiger charge is -2.31. The SMILES string of the molecule is Cc1cc(C2CCCCC2F)cc(C2CCCCC2F)c1C(=O)P(=O)(O)O. The standard InChI is InChI=1S/C20H27F2O4P/c1-12-10-13(14-6-2-4-8-17(14)21)11-16(15-7-3-5-9-18(15)22)19(12)20(23)27(24,25)26/h10-11,14-15,17-18H,2-9H2,1H3,(H2,24,25,26). The highest BCUT2D eigenvalue weighted by atomic mass is 31.2. The quantitative estimate of drug-likeness (QED) is 0.672. The van der Waals surface area contributed by atoms with Gasteiger partial charge in [0.25, 0.3) is 5.52 Å². The van der Waals surface area contributed by atoms with Crippen molar-refractivity contribution in [1.29, 1.82) is 0 Å². The van der Waals surface area contributed by atoms with Crippen molar-refractivity contribution >= 4 is 13.1 Å². The highest BCUT2D eigenvalue weighted by Crippen LogP contribution is 2.46. The number of halogens is 2. The molecule has 1 aromatic carbocycles. The van der Waals surface area contributed by atoms with Crippen LogP contribution in [0.15, 0.2) is 12.1 Å². The minimum atomic E-state index is -5.00. The summed E-state index contributed by atoms with van der Waals surface area (Å²) in [5.41, 5.74) is 0.122. The molecule has 4 nitrogen and oxygen atoms in total. The number of hydrogen-bond acceptors (Lipinski definition) is 2. The number of hydrogen-bond donors (Lipinski definition) is 2. The van der Waals surface area contributed by atoms with Gasteiger partial charge < -0.3 is 9.79 Å². The number of benzene rings is 1. The highest BCUT2D eigenvalue weighted by Gasteiger charge is 2.37. The van der Waals surface area contributed by atoms with Gasteiger partial charge in [0.2, 0.25) is 0 Å². The lowest BCUT2D eigenvalue weighted by atomic mass is 9.76. The van der Waals surface area contributed by atoms with Gasteiger partial charge >= 0.3 is 7.60 Å². The molecule has 2 N–H and O–H groups in total. The van der Waals surface area contributed by atoms with Crippen LogP contribution in [0.3, 0.4) is 0 Å². The molecule has 0 aliphatic heterocycles. The van der Waals surface area contributed by atoms with Gasteiger partial charge in [-0.25, -0.2) is 8.78 Å². The van der Waals surface area contributed by atoms with E-state index in [2.05, 4.69) is 0 Å². The van der Waals surface area contributed by atoms with Gasteiger partial charge in [-0.05, 0) is 49.3 Å². The predicted molar refractivity (Wildman–Crippen MR) is 99.8 cm³/mol. The summed E-state index contributed by atoms with van der Waals surface area (Å²) in [6.45, 7) is 1.60. The van der Waals surface area contributed by atoms with Crippen LogP contribution in [0, 0.1) is 6.92 Å². The van der Waals surface area contributed by atoms with Gasteiger partial charge in [0.1, 0.15) is 12.3 Å². The third-order valence-corrected chi connectivity index (χ3v) is 6.81. The smallest absolute Gasteiger partial charge is 0.319 e. The molecule has 0 spiro atoms. The Labute approximate surface area is 158 Å². The molecule has 0 bridgehead atoms. The maximum atomic E-state index is 14.7. The minimum absolute atomic E-state index is 0.0761.